The Hall–Kier alpha value is -0.820. The Labute approximate surface area is 123 Å². The highest BCUT2D eigenvalue weighted by Crippen LogP contribution is 2.59. The van der Waals surface area contributed by atoms with Crippen molar-refractivity contribution in [3.63, 3.8) is 0 Å². The molecular formula is C18H19Br. The average Bonchev–Trinajstić information content (AvgIpc) is 3.05. The summed E-state index contributed by atoms with van der Waals surface area (Å²) >= 11 is 4.01. The molecule has 0 heterocycles. The van der Waals surface area contributed by atoms with Gasteiger partial charge in [0.15, 0.2) is 0 Å². The molecule has 0 bridgehead atoms. The molecule has 2 aliphatic carbocycles. The number of benzene rings is 2. The summed E-state index contributed by atoms with van der Waals surface area (Å²) in [6.45, 7) is 2.21. The summed E-state index contributed by atoms with van der Waals surface area (Å²) in [6, 6.07) is 13.5. The third-order valence-electron chi connectivity index (χ3n) is 5.17. The van der Waals surface area contributed by atoms with Gasteiger partial charge in [-0.05, 0) is 65.8 Å². The highest BCUT2D eigenvalue weighted by Gasteiger charge is 2.47. The third kappa shape index (κ3) is 1.94. The molecule has 98 valence electrons. The van der Waals surface area contributed by atoms with Gasteiger partial charge in [-0.3, -0.25) is 0 Å². The Morgan fingerprint density at radius 2 is 1.63 bits per heavy atom. The van der Waals surface area contributed by atoms with Crippen molar-refractivity contribution in [3.05, 3.63) is 47.5 Å². The van der Waals surface area contributed by atoms with Gasteiger partial charge in [0.05, 0.1) is 0 Å². The summed E-state index contributed by atoms with van der Waals surface area (Å²) in [5.74, 6) is 2.96. The first-order chi connectivity index (χ1) is 9.24. The maximum Gasteiger partial charge on any atom is 0.0429 e. The highest BCUT2D eigenvalue weighted by atomic mass is 79.9. The van der Waals surface area contributed by atoms with E-state index in [-0.39, 0.29) is 0 Å². The average molecular weight is 315 g/mol. The SMILES string of the molecule is Cc1ccc(C(Br)C2CC3CC3C2)c2ccccc12. The first-order valence-electron chi connectivity index (χ1n) is 7.36. The Bertz CT molecular complexity index is 621. The van der Waals surface area contributed by atoms with E-state index in [1.807, 2.05) is 0 Å². The molecule has 0 saturated heterocycles. The van der Waals surface area contributed by atoms with Crippen molar-refractivity contribution in [1.82, 2.24) is 0 Å². The minimum Gasteiger partial charge on any atom is -0.0836 e. The summed E-state index contributed by atoms with van der Waals surface area (Å²) in [4.78, 5) is 0.533. The van der Waals surface area contributed by atoms with E-state index >= 15 is 0 Å². The first-order valence-corrected chi connectivity index (χ1v) is 8.28. The molecule has 0 aliphatic heterocycles. The van der Waals surface area contributed by atoms with Gasteiger partial charge in [0.25, 0.3) is 0 Å². The number of hydrogen-bond donors (Lipinski definition) is 0. The Kier molecular flexibility index (Phi) is 2.73. The molecule has 0 radical (unpaired) electrons. The molecule has 4 rings (SSSR count). The monoisotopic (exact) mass is 314 g/mol. The summed E-state index contributed by atoms with van der Waals surface area (Å²) in [5.41, 5.74) is 2.88. The van der Waals surface area contributed by atoms with Gasteiger partial charge >= 0.3 is 0 Å². The summed E-state index contributed by atoms with van der Waals surface area (Å²) in [5, 5.41) is 2.84. The zero-order valence-electron chi connectivity index (χ0n) is 11.3. The van der Waals surface area contributed by atoms with Crippen LogP contribution in [-0.4, -0.2) is 0 Å². The van der Waals surface area contributed by atoms with Gasteiger partial charge in [-0.15, -0.1) is 0 Å². The van der Waals surface area contributed by atoms with Crippen molar-refractivity contribution >= 4 is 26.7 Å². The Morgan fingerprint density at radius 3 is 2.37 bits per heavy atom. The molecule has 0 nitrogen and oxygen atoms in total. The lowest BCUT2D eigenvalue weighted by Crippen LogP contribution is -2.06. The second-order valence-corrected chi connectivity index (χ2v) is 7.39. The van der Waals surface area contributed by atoms with Gasteiger partial charge in [-0.25, -0.2) is 0 Å². The second kappa shape index (κ2) is 4.34. The maximum atomic E-state index is 4.01. The quantitative estimate of drug-likeness (QED) is 0.630. The van der Waals surface area contributed by atoms with Gasteiger partial charge in [-0.2, -0.15) is 0 Å². The smallest absolute Gasteiger partial charge is 0.0429 e. The van der Waals surface area contributed by atoms with Crippen LogP contribution in [0.4, 0.5) is 0 Å². The fraction of sp³-hybridized carbons (Fsp3) is 0.444. The number of hydrogen-bond acceptors (Lipinski definition) is 0. The van der Waals surface area contributed by atoms with E-state index in [0.29, 0.717) is 4.83 Å². The molecule has 2 fully saturated rings. The molecule has 2 aromatic carbocycles. The van der Waals surface area contributed by atoms with Crippen LogP contribution in [0.5, 0.6) is 0 Å². The van der Waals surface area contributed by atoms with Crippen molar-refractivity contribution in [2.75, 3.05) is 0 Å². The molecule has 0 aromatic heterocycles. The summed E-state index contributed by atoms with van der Waals surface area (Å²) in [7, 11) is 0. The molecule has 2 saturated carbocycles. The van der Waals surface area contributed by atoms with Crippen LogP contribution in [0.2, 0.25) is 0 Å². The maximum absolute atomic E-state index is 4.01. The van der Waals surface area contributed by atoms with E-state index in [9.17, 15) is 0 Å². The van der Waals surface area contributed by atoms with Crippen molar-refractivity contribution in [2.45, 2.75) is 31.0 Å². The summed E-state index contributed by atoms with van der Waals surface area (Å²) < 4.78 is 0. The molecule has 3 unspecified atom stereocenters. The lowest BCUT2D eigenvalue weighted by molar-refractivity contribution is 0.483. The Morgan fingerprint density at radius 1 is 0.947 bits per heavy atom. The largest absolute Gasteiger partial charge is 0.0836 e. The number of aryl methyl sites for hydroxylation is 1. The molecule has 2 aliphatic rings. The minimum atomic E-state index is 0.533. The lowest BCUT2D eigenvalue weighted by Gasteiger charge is -2.21. The predicted molar refractivity (Wildman–Crippen MR) is 84.7 cm³/mol. The van der Waals surface area contributed by atoms with Crippen LogP contribution in [0.3, 0.4) is 0 Å². The number of rotatable bonds is 2. The Balaban J connectivity index is 1.76. The van der Waals surface area contributed by atoms with Gasteiger partial charge in [0.2, 0.25) is 0 Å². The number of halogens is 1. The van der Waals surface area contributed by atoms with Gasteiger partial charge in [-0.1, -0.05) is 52.3 Å². The normalized spacial score (nSPS) is 30.3. The lowest BCUT2D eigenvalue weighted by atomic mass is 9.90. The molecule has 3 atom stereocenters. The molecule has 2 aromatic rings. The van der Waals surface area contributed by atoms with E-state index in [1.165, 1.54) is 41.2 Å². The standard InChI is InChI=1S/C18H19Br/c1-11-6-7-17(16-5-3-2-4-15(11)16)18(19)14-9-12-8-13(12)10-14/h2-7,12-14,18H,8-10H2,1H3. The van der Waals surface area contributed by atoms with Gasteiger partial charge in [0, 0.05) is 4.83 Å². The van der Waals surface area contributed by atoms with E-state index < -0.39 is 0 Å². The zero-order valence-corrected chi connectivity index (χ0v) is 12.9. The highest BCUT2D eigenvalue weighted by molar-refractivity contribution is 9.09. The second-order valence-electron chi connectivity index (χ2n) is 6.41. The minimum absolute atomic E-state index is 0.533. The molecule has 0 amide bonds. The van der Waals surface area contributed by atoms with Gasteiger partial charge in [0.1, 0.15) is 0 Å². The van der Waals surface area contributed by atoms with Crippen LogP contribution >= 0.6 is 15.9 Å². The van der Waals surface area contributed by atoms with E-state index in [2.05, 4.69) is 59.3 Å². The van der Waals surface area contributed by atoms with Crippen LogP contribution in [0.15, 0.2) is 36.4 Å². The number of alkyl halides is 1. The topological polar surface area (TPSA) is 0 Å². The van der Waals surface area contributed by atoms with Crippen LogP contribution in [0.1, 0.15) is 35.2 Å². The molecule has 19 heavy (non-hydrogen) atoms. The van der Waals surface area contributed by atoms with Crippen LogP contribution in [-0.2, 0) is 0 Å². The third-order valence-corrected chi connectivity index (χ3v) is 6.41. The van der Waals surface area contributed by atoms with Crippen LogP contribution in [0, 0.1) is 24.7 Å². The fourth-order valence-electron chi connectivity index (χ4n) is 3.97. The van der Waals surface area contributed by atoms with E-state index in [1.54, 1.807) is 0 Å². The fourth-order valence-corrected chi connectivity index (χ4v) is 4.80. The predicted octanol–water partition coefficient (Wildman–Crippen LogP) is 5.63. The zero-order chi connectivity index (χ0) is 13.0. The van der Waals surface area contributed by atoms with Crippen molar-refractivity contribution in [1.29, 1.82) is 0 Å². The molecule has 1 heteroatoms. The van der Waals surface area contributed by atoms with Gasteiger partial charge < -0.3 is 0 Å². The van der Waals surface area contributed by atoms with E-state index in [4.69, 9.17) is 0 Å². The molecule has 0 spiro atoms. The number of fused-ring (bicyclic) bond motifs is 2. The van der Waals surface area contributed by atoms with Crippen molar-refractivity contribution in [3.8, 4) is 0 Å². The molecular weight excluding hydrogens is 296 g/mol. The van der Waals surface area contributed by atoms with Crippen molar-refractivity contribution in [2.24, 2.45) is 17.8 Å². The van der Waals surface area contributed by atoms with E-state index in [0.717, 1.165) is 17.8 Å². The summed E-state index contributed by atoms with van der Waals surface area (Å²) in [6.07, 6.45) is 4.37. The van der Waals surface area contributed by atoms with Crippen LogP contribution < -0.4 is 0 Å². The van der Waals surface area contributed by atoms with Crippen LogP contribution in [0.25, 0.3) is 10.8 Å². The first kappa shape index (κ1) is 12.0. The van der Waals surface area contributed by atoms with Crippen molar-refractivity contribution < 1.29 is 0 Å². The molecule has 0 N–H and O–H groups in total.